The van der Waals surface area contributed by atoms with E-state index < -0.39 is 15.9 Å². The predicted molar refractivity (Wildman–Crippen MR) is 74.1 cm³/mol. The van der Waals surface area contributed by atoms with Gasteiger partial charge in [0.1, 0.15) is 0 Å². The van der Waals surface area contributed by atoms with Gasteiger partial charge in [0.05, 0.1) is 17.5 Å². The molecule has 1 aliphatic rings. The SMILES string of the molecule is NS(=O)(=O)c1cc(Cl)cc(C(=O)NC2CCCOC2)c1. The monoisotopic (exact) mass is 318 g/mol. The molecule has 0 radical (unpaired) electrons. The lowest BCUT2D eigenvalue weighted by Crippen LogP contribution is -2.40. The lowest BCUT2D eigenvalue weighted by atomic mass is 10.1. The Kier molecular flexibility index (Phi) is 4.64. The second-order valence-corrected chi connectivity index (χ2v) is 6.61. The van der Waals surface area contributed by atoms with Crippen molar-refractivity contribution in [2.75, 3.05) is 13.2 Å². The number of sulfonamides is 1. The van der Waals surface area contributed by atoms with Gasteiger partial charge in [-0.3, -0.25) is 4.79 Å². The molecule has 1 amide bonds. The maximum atomic E-state index is 12.1. The minimum absolute atomic E-state index is 0.0758. The molecular formula is C12H15ClN2O4S. The Bertz CT molecular complexity index is 612. The molecule has 3 N–H and O–H groups in total. The van der Waals surface area contributed by atoms with E-state index in [1.807, 2.05) is 0 Å². The number of carbonyl (C=O) groups excluding carboxylic acids is 1. The fraction of sp³-hybridized carbons (Fsp3) is 0.417. The third kappa shape index (κ3) is 3.92. The summed E-state index contributed by atoms with van der Waals surface area (Å²) < 4.78 is 27.9. The van der Waals surface area contributed by atoms with Crippen molar-refractivity contribution in [2.45, 2.75) is 23.8 Å². The molecule has 0 bridgehead atoms. The van der Waals surface area contributed by atoms with E-state index in [0.29, 0.717) is 13.2 Å². The maximum absolute atomic E-state index is 12.1. The molecule has 1 atom stereocenters. The van der Waals surface area contributed by atoms with E-state index in [2.05, 4.69) is 5.32 Å². The molecule has 8 heteroatoms. The van der Waals surface area contributed by atoms with Gasteiger partial charge >= 0.3 is 0 Å². The van der Waals surface area contributed by atoms with Gasteiger partial charge in [-0.25, -0.2) is 13.6 Å². The highest BCUT2D eigenvalue weighted by atomic mass is 35.5. The number of carbonyl (C=O) groups is 1. The van der Waals surface area contributed by atoms with E-state index in [-0.39, 0.29) is 21.5 Å². The lowest BCUT2D eigenvalue weighted by molar-refractivity contribution is 0.0624. The van der Waals surface area contributed by atoms with Gasteiger partial charge < -0.3 is 10.1 Å². The molecule has 1 heterocycles. The molecule has 0 aliphatic carbocycles. The van der Waals surface area contributed by atoms with Crippen molar-refractivity contribution in [3.05, 3.63) is 28.8 Å². The molecule has 1 unspecified atom stereocenters. The minimum atomic E-state index is -3.90. The van der Waals surface area contributed by atoms with Gasteiger partial charge in [0.15, 0.2) is 0 Å². The van der Waals surface area contributed by atoms with Crippen LogP contribution in [-0.4, -0.2) is 33.6 Å². The molecule has 1 aliphatic heterocycles. The van der Waals surface area contributed by atoms with E-state index in [0.717, 1.165) is 12.8 Å². The van der Waals surface area contributed by atoms with Crippen LogP contribution in [-0.2, 0) is 14.8 Å². The summed E-state index contributed by atoms with van der Waals surface area (Å²) >= 11 is 5.82. The fourth-order valence-corrected chi connectivity index (χ4v) is 2.86. The van der Waals surface area contributed by atoms with Crippen LogP contribution >= 0.6 is 11.6 Å². The third-order valence-corrected chi connectivity index (χ3v) is 4.07. The van der Waals surface area contributed by atoms with Crippen molar-refractivity contribution < 1.29 is 17.9 Å². The van der Waals surface area contributed by atoms with Crippen molar-refractivity contribution >= 4 is 27.5 Å². The Morgan fingerprint density at radius 1 is 1.40 bits per heavy atom. The van der Waals surface area contributed by atoms with Crippen LogP contribution < -0.4 is 10.5 Å². The second kappa shape index (κ2) is 6.09. The van der Waals surface area contributed by atoms with E-state index in [9.17, 15) is 13.2 Å². The van der Waals surface area contributed by atoms with E-state index in [1.165, 1.54) is 18.2 Å². The van der Waals surface area contributed by atoms with Crippen LogP contribution in [0.1, 0.15) is 23.2 Å². The number of amides is 1. The Hall–Kier alpha value is -1.15. The zero-order chi connectivity index (χ0) is 14.8. The standard InChI is InChI=1S/C12H15ClN2O4S/c13-9-4-8(5-11(6-9)20(14,17)18)12(16)15-10-2-1-3-19-7-10/h4-6,10H,1-3,7H2,(H,15,16)(H2,14,17,18). The van der Waals surface area contributed by atoms with Crippen molar-refractivity contribution in [1.82, 2.24) is 5.32 Å². The van der Waals surface area contributed by atoms with Gasteiger partial charge in [-0.05, 0) is 31.0 Å². The minimum Gasteiger partial charge on any atom is -0.379 e. The second-order valence-electron chi connectivity index (χ2n) is 4.61. The number of ether oxygens (including phenoxy) is 1. The molecule has 2 rings (SSSR count). The van der Waals surface area contributed by atoms with Crippen LogP contribution in [0.5, 0.6) is 0 Å². The first-order valence-corrected chi connectivity index (χ1v) is 8.01. The normalized spacial score (nSPS) is 19.6. The van der Waals surface area contributed by atoms with Crippen LogP contribution in [0.25, 0.3) is 0 Å². The number of hydrogen-bond acceptors (Lipinski definition) is 4. The van der Waals surface area contributed by atoms with E-state index >= 15 is 0 Å². The summed E-state index contributed by atoms with van der Waals surface area (Å²) in [5.41, 5.74) is 0.159. The van der Waals surface area contributed by atoms with Crippen LogP contribution in [0.2, 0.25) is 5.02 Å². The Labute approximate surface area is 122 Å². The lowest BCUT2D eigenvalue weighted by Gasteiger charge is -2.23. The fourth-order valence-electron chi connectivity index (χ4n) is 1.98. The zero-order valence-electron chi connectivity index (χ0n) is 10.6. The summed E-state index contributed by atoms with van der Waals surface area (Å²) in [6, 6.07) is 3.74. The summed E-state index contributed by atoms with van der Waals surface area (Å²) in [6.07, 6.45) is 1.71. The number of nitrogens with two attached hydrogens (primary N) is 1. The van der Waals surface area contributed by atoms with E-state index in [4.69, 9.17) is 21.5 Å². The topological polar surface area (TPSA) is 98.5 Å². The molecule has 1 aromatic rings. The summed E-state index contributed by atoms with van der Waals surface area (Å²) in [6.45, 7) is 1.15. The number of halogens is 1. The van der Waals surface area contributed by atoms with Gasteiger partial charge in [0.25, 0.3) is 5.91 Å². The highest BCUT2D eigenvalue weighted by Gasteiger charge is 2.19. The maximum Gasteiger partial charge on any atom is 0.251 e. The number of primary sulfonamides is 1. The molecular weight excluding hydrogens is 304 g/mol. The molecule has 0 aromatic heterocycles. The average Bonchev–Trinajstić information content (AvgIpc) is 2.38. The third-order valence-electron chi connectivity index (χ3n) is 2.96. The van der Waals surface area contributed by atoms with Crippen molar-refractivity contribution in [1.29, 1.82) is 0 Å². The molecule has 1 fully saturated rings. The summed E-state index contributed by atoms with van der Waals surface area (Å²) in [4.78, 5) is 11.9. The molecule has 1 aromatic carbocycles. The quantitative estimate of drug-likeness (QED) is 0.865. The summed E-state index contributed by atoms with van der Waals surface area (Å²) in [5.74, 6) is -0.395. The van der Waals surface area contributed by atoms with Crippen LogP contribution in [0, 0.1) is 0 Å². The van der Waals surface area contributed by atoms with E-state index in [1.54, 1.807) is 0 Å². The highest BCUT2D eigenvalue weighted by molar-refractivity contribution is 7.89. The van der Waals surface area contributed by atoms with Gasteiger partial charge in [-0.15, -0.1) is 0 Å². The number of nitrogens with one attached hydrogen (secondary N) is 1. The Balaban J connectivity index is 2.19. The smallest absolute Gasteiger partial charge is 0.251 e. The van der Waals surface area contributed by atoms with Crippen molar-refractivity contribution in [2.24, 2.45) is 5.14 Å². The summed E-state index contributed by atoms with van der Waals surface area (Å²) in [5, 5.41) is 7.96. The molecule has 1 saturated heterocycles. The molecule has 20 heavy (non-hydrogen) atoms. The first-order valence-electron chi connectivity index (χ1n) is 6.08. The zero-order valence-corrected chi connectivity index (χ0v) is 12.2. The average molecular weight is 319 g/mol. The van der Waals surface area contributed by atoms with Gasteiger partial charge in [-0.2, -0.15) is 0 Å². The van der Waals surface area contributed by atoms with Crippen LogP contribution in [0.3, 0.4) is 0 Å². The van der Waals surface area contributed by atoms with Gasteiger partial charge in [0, 0.05) is 17.2 Å². The van der Waals surface area contributed by atoms with Crippen molar-refractivity contribution in [3.63, 3.8) is 0 Å². The highest BCUT2D eigenvalue weighted by Crippen LogP contribution is 2.18. The number of rotatable bonds is 3. The molecule has 0 saturated carbocycles. The molecule has 6 nitrogen and oxygen atoms in total. The van der Waals surface area contributed by atoms with Crippen LogP contribution in [0.15, 0.2) is 23.1 Å². The molecule has 0 spiro atoms. The first kappa shape index (κ1) is 15.2. The number of benzene rings is 1. The predicted octanol–water partition coefficient (Wildman–Crippen LogP) is 0.896. The Morgan fingerprint density at radius 2 is 2.15 bits per heavy atom. The first-order chi connectivity index (χ1) is 9.36. The summed E-state index contributed by atoms with van der Waals surface area (Å²) in [7, 11) is -3.90. The Morgan fingerprint density at radius 3 is 2.75 bits per heavy atom. The largest absolute Gasteiger partial charge is 0.379 e. The number of hydrogen-bond donors (Lipinski definition) is 2. The molecule has 110 valence electrons. The van der Waals surface area contributed by atoms with Crippen LogP contribution in [0.4, 0.5) is 0 Å². The van der Waals surface area contributed by atoms with Gasteiger partial charge in [0.2, 0.25) is 10.0 Å². The van der Waals surface area contributed by atoms with Gasteiger partial charge in [-0.1, -0.05) is 11.6 Å². The van der Waals surface area contributed by atoms with Crippen molar-refractivity contribution in [3.8, 4) is 0 Å².